The van der Waals surface area contributed by atoms with Gasteiger partial charge in [-0.05, 0) is 38.8 Å². The summed E-state index contributed by atoms with van der Waals surface area (Å²) in [6, 6.07) is 0. The first-order chi connectivity index (χ1) is 9.63. The van der Waals surface area contributed by atoms with Gasteiger partial charge in [-0.1, -0.05) is 0 Å². The molecule has 0 radical (unpaired) electrons. The van der Waals surface area contributed by atoms with Crippen molar-refractivity contribution in [3.05, 3.63) is 5.28 Å². The zero-order chi connectivity index (χ0) is 14.5. The van der Waals surface area contributed by atoms with Gasteiger partial charge in [0.1, 0.15) is 0 Å². The van der Waals surface area contributed by atoms with E-state index in [-0.39, 0.29) is 11.4 Å². The van der Waals surface area contributed by atoms with Gasteiger partial charge < -0.3 is 14.5 Å². The maximum Gasteiger partial charge on any atom is 0.231 e. The minimum absolute atomic E-state index is 0.171. The van der Waals surface area contributed by atoms with Gasteiger partial charge in [-0.15, -0.1) is 0 Å². The molecule has 1 fully saturated rings. The largest absolute Gasteiger partial charge is 0.377 e. The molecular formula is C13H22ClN5O. The van der Waals surface area contributed by atoms with Gasteiger partial charge in [0.15, 0.2) is 0 Å². The molecule has 20 heavy (non-hydrogen) atoms. The highest BCUT2D eigenvalue weighted by atomic mass is 35.5. The lowest BCUT2D eigenvalue weighted by atomic mass is 10.3. The second-order valence-corrected chi connectivity index (χ2v) is 5.20. The molecule has 1 aromatic heterocycles. The lowest BCUT2D eigenvalue weighted by Crippen LogP contribution is -2.33. The molecule has 1 aliphatic heterocycles. The van der Waals surface area contributed by atoms with E-state index in [1.807, 2.05) is 0 Å². The molecule has 2 heterocycles. The Morgan fingerprint density at radius 1 is 1.30 bits per heavy atom. The Kier molecular flexibility index (Phi) is 5.37. The second kappa shape index (κ2) is 7.04. The van der Waals surface area contributed by atoms with Crippen molar-refractivity contribution in [1.82, 2.24) is 15.0 Å². The van der Waals surface area contributed by atoms with Crippen molar-refractivity contribution in [1.29, 1.82) is 0 Å². The number of nitrogens with zero attached hydrogens (tertiary/aromatic N) is 5. The van der Waals surface area contributed by atoms with Gasteiger partial charge in [0.25, 0.3) is 0 Å². The highest BCUT2D eigenvalue weighted by molar-refractivity contribution is 6.28. The van der Waals surface area contributed by atoms with E-state index in [2.05, 4.69) is 45.5 Å². The molecule has 2 rings (SSSR count). The summed E-state index contributed by atoms with van der Waals surface area (Å²) in [5, 5.41) is 0.245. The van der Waals surface area contributed by atoms with Crippen LogP contribution >= 0.6 is 11.6 Å². The SMILES string of the molecule is CCN(CC)c1nc(Cl)nc(N2CCCOC(C)C2)n1. The molecule has 1 saturated heterocycles. The van der Waals surface area contributed by atoms with Crippen LogP contribution in [0.2, 0.25) is 5.28 Å². The van der Waals surface area contributed by atoms with Crippen LogP contribution in [0.3, 0.4) is 0 Å². The van der Waals surface area contributed by atoms with Gasteiger partial charge in [0, 0.05) is 32.8 Å². The summed E-state index contributed by atoms with van der Waals surface area (Å²) in [4.78, 5) is 17.2. The fourth-order valence-electron chi connectivity index (χ4n) is 2.29. The van der Waals surface area contributed by atoms with E-state index in [0.29, 0.717) is 11.9 Å². The summed E-state index contributed by atoms with van der Waals surface area (Å²) in [6.45, 7) is 10.3. The average molecular weight is 300 g/mol. The predicted molar refractivity (Wildman–Crippen MR) is 80.6 cm³/mol. The van der Waals surface area contributed by atoms with Crippen LogP contribution in [0.1, 0.15) is 27.2 Å². The molecule has 0 amide bonds. The Bertz CT molecular complexity index is 441. The normalized spacial score (nSPS) is 19.8. The monoisotopic (exact) mass is 299 g/mol. The molecule has 0 spiro atoms. The summed E-state index contributed by atoms with van der Waals surface area (Å²) in [5.74, 6) is 1.28. The van der Waals surface area contributed by atoms with E-state index in [1.165, 1.54) is 0 Å². The minimum atomic E-state index is 0.171. The molecule has 6 nitrogen and oxygen atoms in total. The number of ether oxygens (including phenoxy) is 1. The number of hydrogen-bond donors (Lipinski definition) is 0. The number of hydrogen-bond acceptors (Lipinski definition) is 6. The van der Waals surface area contributed by atoms with Gasteiger partial charge in [0.05, 0.1) is 6.10 Å². The molecule has 1 unspecified atom stereocenters. The molecule has 0 saturated carbocycles. The van der Waals surface area contributed by atoms with E-state index in [9.17, 15) is 0 Å². The Balaban J connectivity index is 2.26. The molecule has 0 aliphatic carbocycles. The third kappa shape index (κ3) is 3.70. The first kappa shape index (κ1) is 15.3. The van der Waals surface area contributed by atoms with Crippen LogP contribution in [0, 0.1) is 0 Å². The molecule has 7 heteroatoms. The van der Waals surface area contributed by atoms with E-state index in [4.69, 9.17) is 16.3 Å². The smallest absolute Gasteiger partial charge is 0.231 e. The second-order valence-electron chi connectivity index (χ2n) is 4.86. The number of anilines is 2. The molecule has 0 bridgehead atoms. The summed E-state index contributed by atoms with van der Waals surface area (Å²) >= 11 is 6.06. The maximum absolute atomic E-state index is 6.06. The van der Waals surface area contributed by atoms with Crippen molar-refractivity contribution >= 4 is 23.5 Å². The van der Waals surface area contributed by atoms with Crippen LogP contribution in [-0.2, 0) is 4.74 Å². The highest BCUT2D eigenvalue weighted by Crippen LogP contribution is 2.18. The Morgan fingerprint density at radius 2 is 2.05 bits per heavy atom. The van der Waals surface area contributed by atoms with Gasteiger partial charge in [0.2, 0.25) is 17.2 Å². The van der Waals surface area contributed by atoms with Gasteiger partial charge in [-0.3, -0.25) is 0 Å². The van der Waals surface area contributed by atoms with Crippen molar-refractivity contribution in [2.24, 2.45) is 0 Å². The molecule has 1 atom stereocenters. The first-order valence-corrected chi connectivity index (χ1v) is 7.54. The molecule has 112 valence electrons. The first-order valence-electron chi connectivity index (χ1n) is 7.17. The number of rotatable bonds is 4. The van der Waals surface area contributed by atoms with Crippen molar-refractivity contribution < 1.29 is 4.74 Å². The summed E-state index contributed by atoms with van der Waals surface area (Å²) in [5.41, 5.74) is 0. The van der Waals surface area contributed by atoms with E-state index < -0.39 is 0 Å². The lowest BCUT2D eigenvalue weighted by molar-refractivity contribution is 0.0820. The third-order valence-electron chi connectivity index (χ3n) is 3.37. The van der Waals surface area contributed by atoms with Crippen LogP contribution in [0.4, 0.5) is 11.9 Å². The molecule has 0 N–H and O–H groups in total. The van der Waals surface area contributed by atoms with E-state index >= 15 is 0 Å². The molecule has 1 aromatic rings. The molecular weight excluding hydrogens is 278 g/mol. The average Bonchev–Trinajstić information content (AvgIpc) is 2.64. The van der Waals surface area contributed by atoms with E-state index in [1.54, 1.807) is 0 Å². The van der Waals surface area contributed by atoms with Gasteiger partial charge >= 0.3 is 0 Å². The fourth-order valence-corrected chi connectivity index (χ4v) is 2.45. The van der Waals surface area contributed by atoms with Crippen molar-refractivity contribution in [2.75, 3.05) is 42.6 Å². The number of aromatic nitrogens is 3. The number of halogens is 1. The summed E-state index contributed by atoms with van der Waals surface area (Å²) in [7, 11) is 0. The van der Waals surface area contributed by atoms with Crippen LogP contribution in [0.15, 0.2) is 0 Å². The summed E-state index contributed by atoms with van der Waals surface area (Å²) in [6.07, 6.45) is 1.14. The van der Waals surface area contributed by atoms with Gasteiger partial charge in [-0.2, -0.15) is 15.0 Å². The Labute approximate surface area is 125 Å². The summed E-state index contributed by atoms with van der Waals surface area (Å²) < 4.78 is 5.65. The van der Waals surface area contributed by atoms with Crippen LogP contribution < -0.4 is 9.80 Å². The molecule has 1 aliphatic rings. The topological polar surface area (TPSA) is 54.4 Å². The van der Waals surface area contributed by atoms with Crippen LogP contribution in [0.5, 0.6) is 0 Å². The molecule has 0 aromatic carbocycles. The van der Waals surface area contributed by atoms with E-state index in [0.717, 1.165) is 39.2 Å². The minimum Gasteiger partial charge on any atom is -0.377 e. The maximum atomic E-state index is 6.06. The third-order valence-corrected chi connectivity index (χ3v) is 3.53. The Morgan fingerprint density at radius 3 is 2.75 bits per heavy atom. The predicted octanol–water partition coefficient (Wildman–Crippen LogP) is 1.99. The Hall–Kier alpha value is -1.14. The lowest BCUT2D eigenvalue weighted by Gasteiger charge is -2.24. The van der Waals surface area contributed by atoms with Crippen LogP contribution in [-0.4, -0.2) is 53.8 Å². The van der Waals surface area contributed by atoms with Gasteiger partial charge in [-0.25, -0.2) is 0 Å². The van der Waals surface area contributed by atoms with Crippen molar-refractivity contribution in [3.8, 4) is 0 Å². The van der Waals surface area contributed by atoms with Crippen molar-refractivity contribution in [3.63, 3.8) is 0 Å². The zero-order valence-corrected chi connectivity index (χ0v) is 13.1. The quantitative estimate of drug-likeness (QED) is 0.847. The zero-order valence-electron chi connectivity index (χ0n) is 12.3. The van der Waals surface area contributed by atoms with Crippen molar-refractivity contribution in [2.45, 2.75) is 33.3 Å². The standard InChI is InChI=1S/C13H22ClN5O/c1-4-18(5-2)12-15-11(14)16-13(17-12)19-7-6-8-20-10(3)9-19/h10H,4-9H2,1-3H3. The highest BCUT2D eigenvalue weighted by Gasteiger charge is 2.20. The van der Waals surface area contributed by atoms with Crippen LogP contribution in [0.25, 0.3) is 0 Å². The fraction of sp³-hybridized carbons (Fsp3) is 0.769.